The summed E-state index contributed by atoms with van der Waals surface area (Å²) in [5.74, 6) is 1.00. The van der Waals surface area contributed by atoms with Gasteiger partial charge >= 0.3 is 0 Å². The quantitative estimate of drug-likeness (QED) is 0.392. The monoisotopic (exact) mass is 424 g/mol. The second-order valence-electron chi connectivity index (χ2n) is 6.86. The van der Waals surface area contributed by atoms with Crippen LogP contribution in [0.15, 0.2) is 4.99 Å². The summed E-state index contributed by atoms with van der Waals surface area (Å²) < 4.78 is 0. The van der Waals surface area contributed by atoms with Crippen molar-refractivity contribution in [1.29, 1.82) is 0 Å². The van der Waals surface area contributed by atoms with Gasteiger partial charge in [0.15, 0.2) is 5.96 Å². The molecule has 1 saturated heterocycles. The maximum absolute atomic E-state index is 11.6. The summed E-state index contributed by atoms with van der Waals surface area (Å²) in [4.78, 5) is 18.5. The molecule has 1 heterocycles. The van der Waals surface area contributed by atoms with Gasteiger partial charge in [-0.2, -0.15) is 0 Å². The number of hydrogen-bond donors (Lipinski definition) is 2. The standard InChI is InChI=1S/C16H32N4O.HI/c1-7-10-18-13(21)9-11-19-14(17-8-2)20-12-15(3,4)16(20,5)6;/h7-12H2,1-6H3,(H,17,19)(H,18,21);1H. The molecule has 6 heteroatoms. The van der Waals surface area contributed by atoms with E-state index < -0.39 is 0 Å². The van der Waals surface area contributed by atoms with Crippen molar-refractivity contribution in [2.24, 2.45) is 10.4 Å². The highest BCUT2D eigenvalue weighted by molar-refractivity contribution is 14.0. The van der Waals surface area contributed by atoms with E-state index in [1.807, 2.05) is 0 Å². The van der Waals surface area contributed by atoms with Gasteiger partial charge in [-0.3, -0.25) is 9.79 Å². The molecule has 0 aromatic rings. The number of carbonyl (C=O) groups is 1. The third-order valence-corrected chi connectivity index (χ3v) is 4.65. The SMILES string of the molecule is CCCNC(=O)CCN=C(NCC)N1CC(C)(C)C1(C)C.I. The number of aliphatic imine (C=N–C) groups is 1. The van der Waals surface area contributed by atoms with Gasteiger partial charge in [0.1, 0.15) is 0 Å². The van der Waals surface area contributed by atoms with Crippen molar-refractivity contribution in [2.45, 2.75) is 59.9 Å². The molecule has 1 amide bonds. The van der Waals surface area contributed by atoms with Crippen molar-refractivity contribution in [3.8, 4) is 0 Å². The van der Waals surface area contributed by atoms with Gasteiger partial charge < -0.3 is 15.5 Å². The second kappa shape index (κ2) is 8.93. The summed E-state index contributed by atoms with van der Waals surface area (Å²) in [7, 11) is 0. The van der Waals surface area contributed by atoms with Gasteiger partial charge in [-0.1, -0.05) is 20.8 Å². The minimum Gasteiger partial charge on any atom is -0.356 e. The number of hydrogen-bond acceptors (Lipinski definition) is 2. The minimum atomic E-state index is 0. The molecule has 0 aromatic heterocycles. The topological polar surface area (TPSA) is 56.7 Å². The summed E-state index contributed by atoms with van der Waals surface area (Å²) in [6.45, 7) is 16.3. The number of nitrogens with zero attached hydrogens (tertiary/aromatic N) is 2. The minimum absolute atomic E-state index is 0. The Balaban J connectivity index is 0.00000441. The summed E-state index contributed by atoms with van der Waals surface area (Å²) in [5, 5.41) is 6.22. The molecule has 22 heavy (non-hydrogen) atoms. The van der Waals surface area contributed by atoms with Gasteiger partial charge in [0.05, 0.1) is 6.54 Å². The average Bonchev–Trinajstić information content (AvgIpc) is 2.41. The van der Waals surface area contributed by atoms with Gasteiger partial charge in [-0.15, -0.1) is 24.0 Å². The first-order valence-electron chi connectivity index (χ1n) is 8.09. The van der Waals surface area contributed by atoms with Gasteiger partial charge in [0, 0.05) is 37.0 Å². The maximum atomic E-state index is 11.6. The van der Waals surface area contributed by atoms with Crippen LogP contribution in [0.1, 0.15) is 54.4 Å². The summed E-state index contributed by atoms with van der Waals surface area (Å²) >= 11 is 0. The van der Waals surface area contributed by atoms with Crippen molar-refractivity contribution in [3.05, 3.63) is 0 Å². The van der Waals surface area contributed by atoms with Crippen LogP contribution < -0.4 is 10.6 Å². The predicted octanol–water partition coefficient (Wildman–Crippen LogP) is 2.61. The molecule has 0 aromatic carbocycles. The lowest BCUT2D eigenvalue weighted by atomic mass is 9.65. The van der Waals surface area contributed by atoms with Gasteiger partial charge in [0.2, 0.25) is 5.91 Å². The highest BCUT2D eigenvalue weighted by Gasteiger charge is 2.53. The fourth-order valence-electron chi connectivity index (χ4n) is 2.41. The molecule has 0 radical (unpaired) electrons. The normalized spacial score (nSPS) is 19.0. The molecule has 0 atom stereocenters. The van der Waals surface area contributed by atoms with E-state index in [9.17, 15) is 4.79 Å². The molecular formula is C16H33IN4O. The average molecular weight is 424 g/mol. The fraction of sp³-hybridized carbons (Fsp3) is 0.875. The zero-order chi connectivity index (χ0) is 16.1. The number of carbonyl (C=O) groups excluding carboxylic acids is 1. The Hall–Kier alpha value is -0.530. The third kappa shape index (κ3) is 4.99. The molecule has 2 N–H and O–H groups in total. The van der Waals surface area contributed by atoms with Crippen molar-refractivity contribution in [3.63, 3.8) is 0 Å². The Morgan fingerprint density at radius 3 is 2.27 bits per heavy atom. The van der Waals surface area contributed by atoms with Crippen molar-refractivity contribution < 1.29 is 4.79 Å². The number of nitrogens with one attached hydrogen (secondary N) is 2. The van der Waals surface area contributed by atoms with Crippen LogP contribution in [0.3, 0.4) is 0 Å². The Morgan fingerprint density at radius 1 is 1.18 bits per heavy atom. The van der Waals surface area contributed by atoms with Crippen LogP contribution in [0, 0.1) is 5.41 Å². The molecule has 1 aliphatic heterocycles. The Bertz CT molecular complexity index is 394. The van der Waals surface area contributed by atoms with E-state index in [0.717, 1.165) is 32.0 Å². The number of amides is 1. The number of guanidine groups is 1. The largest absolute Gasteiger partial charge is 0.356 e. The van der Waals surface area contributed by atoms with Crippen molar-refractivity contribution in [2.75, 3.05) is 26.2 Å². The molecule has 0 saturated carbocycles. The van der Waals surface area contributed by atoms with E-state index in [0.29, 0.717) is 13.0 Å². The van der Waals surface area contributed by atoms with E-state index in [1.54, 1.807) is 0 Å². The second-order valence-corrected chi connectivity index (χ2v) is 6.86. The maximum Gasteiger partial charge on any atom is 0.221 e. The zero-order valence-corrected chi connectivity index (χ0v) is 17.3. The van der Waals surface area contributed by atoms with Gasteiger partial charge in [-0.05, 0) is 27.2 Å². The molecule has 0 unspecified atom stereocenters. The lowest BCUT2D eigenvalue weighted by Gasteiger charge is -2.62. The first-order valence-corrected chi connectivity index (χ1v) is 8.09. The number of rotatable bonds is 6. The predicted molar refractivity (Wildman–Crippen MR) is 104 cm³/mol. The summed E-state index contributed by atoms with van der Waals surface area (Å²) in [6.07, 6.45) is 1.42. The van der Waals surface area contributed by atoms with E-state index in [-0.39, 0.29) is 40.8 Å². The van der Waals surface area contributed by atoms with Crippen molar-refractivity contribution in [1.82, 2.24) is 15.5 Å². The van der Waals surface area contributed by atoms with Crippen LogP contribution in [0.25, 0.3) is 0 Å². The fourth-order valence-corrected chi connectivity index (χ4v) is 2.41. The lowest BCUT2D eigenvalue weighted by Crippen LogP contribution is -2.72. The van der Waals surface area contributed by atoms with Gasteiger partial charge in [0.25, 0.3) is 0 Å². The number of halogens is 1. The molecule has 1 aliphatic rings. The van der Waals surface area contributed by atoms with Crippen LogP contribution in [0.5, 0.6) is 0 Å². The van der Waals surface area contributed by atoms with E-state index in [4.69, 9.17) is 0 Å². The highest BCUT2D eigenvalue weighted by atomic mass is 127. The van der Waals surface area contributed by atoms with Crippen LogP contribution in [-0.4, -0.2) is 48.5 Å². The Morgan fingerprint density at radius 2 is 1.82 bits per heavy atom. The number of likely N-dealkylation sites (tertiary alicyclic amines) is 1. The molecule has 1 rings (SSSR count). The Labute approximate surface area is 152 Å². The third-order valence-electron chi connectivity index (χ3n) is 4.65. The van der Waals surface area contributed by atoms with Crippen LogP contribution >= 0.6 is 24.0 Å². The van der Waals surface area contributed by atoms with E-state index >= 15 is 0 Å². The molecule has 0 aliphatic carbocycles. The molecule has 1 fully saturated rings. The molecule has 0 bridgehead atoms. The highest BCUT2D eigenvalue weighted by Crippen LogP contribution is 2.46. The van der Waals surface area contributed by atoms with Crippen LogP contribution in [0.2, 0.25) is 0 Å². The molecule has 130 valence electrons. The smallest absolute Gasteiger partial charge is 0.221 e. The molecule has 0 spiro atoms. The van der Waals surface area contributed by atoms with E-state index in [2.05, 4.69) is 62.1 Å². The van der Waals surface area contributed by atoms with Gasteiger partial charge in [-0.25, -0.2) is 0 Å². The molecular weight excluding hydrogens is 391 g/mol. The summed E-state index contributed by atoms with van der Waals surface area (Å²) in [5.41, 5.74) is 0.361. The molecule has 5 nitrogen and oxygen atoms in total. The first-order chi connectivity index (χ1) is 9.76. The van der Waals surface area contributed by atoms with E-state index in [1.165, 1.54) is 0 Å². The van der Waals surface area contributed by atoms with Crippen LogP contribution in [-0.2, 0) is 4.79 Å². The van der Waals surface area contributed by atoms with Crippen LogP contribution in [0.4, 0.5) is 0 Å². The van der Waals surface area contributed by atoms with Crippen molar-refractivity contribution >= 4 is 35.8 Å². The first kappa shape index (κ1) is 21.5. The summed E-state index contributed by atoms with van der Waals surface area (Å²) in [6, 6.07) is 0. The Kier molecular flexibility index (Phi) is 8.72. The zero-order valence-electron chi connectivity index (χ0n) is 15.0. The lowest BCUT2D eigenvalue weighted by molar-refractivity contribution is -0.120.